The van der Waals surface area contributed by atoms with E-state index in [1.54, 1.807) is 0 Å². The van der Waals surface area contributed by atoms with Crippen LogP contribution in [0.25, 0.3) is 0 Å². The van der Waals surface area contributed by atoms with Crippen molar-refractivity contribution in [1.29, 1.82) is 0 Å². The predicted octanol–water partition coefficient (Wildman–Crippen LogP) is 3.37. The van der Waals surface area contributed by atoms with Crippen molar-refractivity contribution in [2.24, 2.45) is 11.7 Å². The van der Waals surface area contributed by atoms with Gasteiger partial charge in [0.05, 0.1) is 11.5 Å². The minimum atomic E-state index is -2.88. The number of benzene rings is 1. The zero-order valence-electron chi connectivity index (χ0n) is 13.5. The molecule has 1 heterocycles. The molecule has 118 valence electrons. The van der Waals surface area contributed by atoms with Crippen LogP contribution in [-0.2, 0) is 9.84 Å². The predicted molar refractivity (Wildman–Crippen MR) is 88.3 cm³/mol. The van der Waals surface area contributed by atoms with E-state index in [-0.39, 0.29) is 23.5 Å². The van der Waals surface area contributed by atoms with Crippen molar-refractivity contribution in [3.63, 3.8) is 0 Å². The molecule has 1 aliphatic rings. The molecular formula is C17H27NO2S. The maximum Gasteiger partial charge on any atom is 0.150 e. The Kier molecular flexibility index (Phi) is 4.79. The monoisotopic (exact) mass is 309 g/mol. The van der Waals surface area contributed by atoms with Crippen molar-refractivity contribution in [2.45, 2.75) is 52.0 Å². The molecule has 4 heteroatoms. The fourth-order valence-electron chi connectivity index (χ4n) is 3.12. The number of nitrogens with two attached hydrogens (primary N) is 1. The fourth-order valence-corrected chi connectivity index (χ4v) is 4.97. The third-order valence-corrected chi connectivity index (χ3v) is 6.33. The molecule has 1 fully saturated rings. The second-order valence-electron chi connectivity index (χ2n) is 6.89. The van der Waals surface area contributed by atoms with Gasteiger partial charge >= 0.3 is 0 Å². The number of rotatable bonds is 4. The maximum atomic E-state index is 11.7. The Morgan fingerprint density at radius 3 is 2.24 bits per heavy atom. The van der Waals surface area contributed by atoms with Gasteiger partial charge in [-0.2, -0.15) is 0 Å². The van der Waals surface area contributed by atoms with Crippen molar-refractivity contribution >= 4 is 9.84 Å². The smallest absolute Gasteiger partial charge is 0.150 e. The van der Waals surface area contributed by atoms with Crippen LogP contribution in [0, 0.1) is 5.92 Å². The Balaban J connectivity index is 2.34. The normalized spacial score (nSPS) is 22.9. The largest absolute Gasteiger partial charge is 0.324 e. The van der Waals surface area contributed by atoms with Crippen LogP contribution in [0.2, 0.25) is 0 Å². The van der Waals surface area contributed by atoms with Gasteiger partial charge in [0.2, 0.25) is 0 Å². The second kappa shape index (κ2) is 6.09. The Hall–Kier alpha value is -0.870. The van der Waals surface area contributed by atoms with Crippen LogP contribution >= 0.6 is 0 Å². The van der Waals surface area contributed by atoms with Crippen LogP contribution in [-0.4, -0.2) is 19.9 Å². The highest BCUT2D eigenvalue weighted by atomic mass is 32.2. The summed E-state index contributed by atoms with van der Waals surface area (Å²) in [5, 5.41) is 0. The maximum absolute atomic E-state index is 11.7. The van der Waals surface area contributed by atoms with Crippen LogP contribution in [0.5, 0.6) is 0 Å². The minimum Gasteiger partial charge on any atom is -0.324 e. The molecule has 1 aromatic carbocycles. The molecule has 0 saturated carbocycles. The summed E-state index contributed by atoms with van der Waals surface area (Å²) in [7, 11) is -2.88. The summed E-state index contributed by atoms with van der Waals surface area (Å²) in [4.78, 5) is 0. The van der Waals surface area contributed by atoms with Gasteiger partial charge in [-0.05, 0) is 40.9 Å². The average molecular weight is 309 g/mol. The Morgan fingerprint density at radius 1 is 1.10 bits per heavy atom. The summed E-state index contributed by atoms with van der Waals surface area (Å²) in [6.45, 7) is 8.70. The molecule has 1 aromatic rings. The molecule has 1 aliphatic heterocycles. The van der Waals surface area contributed by atoms with Crippen molar-refractivity contribution in [3.05, 3.63) is 34.9 Å². The molecule has 0 radical (unpaired) electrons. The van der Waals surface area contributed by atoms with E-state index in [0.29, 0.717) is 18.3 Å². The summed E-state index contributed by atoms with van der Waals surface area (Å²) in [6.07, 6.45) is 0.687. The van der Waals surface area contributed by atoms with E-state index in [1.807, 2.05) is 0 Å². The molecule has 0 aromatic heterocycles. The topological polar surface area (TPSA) is 60.2 Å². The molecule has 21 heavy (non-hydrogen) atoms. The van der Waals surface area contributed by atoms with Gasteiger partial charge in [-0.3, -0.25) is 0 Å². The highest BCUT2D eigenvalue weighted by Gasteiger charge is 2.33. The van der Waals surface area contributed by atoms with E-state index in [0.717, 1.165) is 5.56 Å². The molecule has 0 aliphatic carbocycles. The SMILES string of the molecule is CC(C)c1ccc(C(N)C2CCS(=O)(=O)C2)c(C(C)C)c1. The molecule has 2 atom stereocenters. The van der Waals surface area contributed by atoms with Crippen LogP contribution in [0.15, 0.2) is 18.2 Å². The molecule has 0 amide bonds. The van der Waals surface area contributed by atoms with E-state index in [2.05, 4.69) is 45.9 Å². The summed E-state index contributed by atoms with van der Waals surface area (Å²) < 4.78 is 23.4. The lowest BCUT2D eigenvalue weighted by atomic mass is 9.84. The van der Waals surface area contributed by atoms with Gasteiger partial charge in [0.15, 0.2) is 9.84 Å². The van der Waals surface area contributed by atoms with Gasteiger partial charge in [0.1, 0.15) is 0 Å². The van der Waals surface area contributed by atoms with Crippen molar-refractivity contribution in [2.75, 3.05) is 11.5 Å². The van der Waals surface area contributed by atoms with Crippen molar-refractivity contribution in [1.82, 2.24) is 0 Å². The Bertz CT molecular complexity index is 605. The Morgan fingerprint density at radius 2 is 1.76 bits per heavy atom. The molecular weight excluding hydrogens is 282 g/mol. The lowest BCUT2D eigenvalue weighted by Gasteiger charge is -2.24. The molecule has 0 bridgehead atoms. The molecule has 2 N–H and O–H groups in total. The van der Waals surface area contributed by atoms with E-state index in [1.165, 1.54) is 11.1 Å². The first-order chi connectivity index (χ1) is 9.71. The van der Waals surface area contributed by atoms with Gasteiger partial charge in [-0.25, -0.2) is 8.42 Å². The summed E-state index contributed by atoms with van der Waals surface area (Å²) in [5.74, 6) is 1.45. The third kappa shape index (κ3) is 3.67. The van der Waals surface area contributed by atoms with Crippen molar-refractivity contribution < 1.29 is 8.42 Å². The first kappa shape index (κ1) is 16.5. The summed E-state index contributed by atoms with van der Waals surface area (Å²) in [6, 6.07) is 6.31. The van der Waals surface area contributed by atoms with Gasteiger partial charge in [0, 0.05) is 6.04 Å². The fraction of sp³-hybridized carbons (Fsp3) is 0.647. The highest BCUT2D eigenvalue weighted by molar-refractivity contribution is 7.91. The molecule has 1 saturated heterocycles. The third-order valence-electron chi connectivity index (χ3n) is 4.53. The van der Waals surface area contributed by atoms with Crippen LogP contribution < -0.4 is 5.73 Å². The summed E-state index contributed by atoms with van der Waals surface area (Å²) >= 11 is 0. The first-order valence-corrected chi connectivity index (χ1v) is 9.63. The average Bonchev–Trinajstić information content (AvgIpc) is 2.77. The zero-order chi connectivity index (χ0) is 15.8. The molecule has 3 nitrogen and oxygen atoms in total. The van der Waals surface area contributed by atoms with E-state index < -0.39 is 9.84 Å². The van der Waals surface area contributed by atoms with Gasteiger partial charge in [0.25, 0.3) is 0 Å². The molecule has 2 rings (SSSR count). The van der Waals surface area contributed by atoms with Gasteiger partial charge < -0.3 is 5.73 Å². The van der Waals surface area contributed by atoms with Gasteiger partial charge in [-0.15, -0.1) is 0 Å². The highest BCUT2D eigenvalue weighted by Crippen LogP contribution is 2.35. The quantitative estimate of drug-likeness (QED) is 0.927. The zero-order valence-corrected chi connectivity index (χ0v) is 14.3. The minimum absolute atomic E-state index is 0.0531. The van der Waals surface area contributed by atoms with E-state index in [4.69, 9.17) is 5.73 Å². The first-order valence-electron chi connectivity index (χ1n) is 7.81. The second-order valence-corrected chi connectivity index (χ2v) is 9.12. The van der Waals surface area contributed by atoms with Crippen LogP contribution in [0.1, 0.15) is 68.7 Å². The van der Waals surface area contributed by atoms with Crippen LogP contribution in [0.3, 0.4) is 0 Å². The molecule has 2 unspecified atom stereocenters. The Labute approximate surface area is 128 Å². The summed E-state index contributed by atoms with van der Waals surface area (Å²) in [5.41, 5.74) is 10.1. The molecule has 0 spiro atoms. The van der Waals surface area contributed by atoms with Crippen molar-refractivity contribution in [3.8, 4) is 0 Å². The number of sulfone groups is 1. The van der Waals surface area contributed by atoms with Crippen LogP contribution in [0.4, 0.5) is 0 Å². The lowest BCUT2D eigenvalue weighted by Crippen LogP contribution is -2.24. The van der Waals surface area contributed by atoms with Gasteiger partial charge in [-0.1, -0.05) is 45.9 Å². The number of hydrogen-bond acceptors (Lipinski definition) is 3. The van der Waals surface area contributed by atoms with E-state index >= 15 is 0 Å². The lowest BCUT2D eigenvalue weighted by molar-refractivity contribution is 0.475. The standard InChI is InChI=1S/C17H27NO2S/c1-11(2)13-5-6-15(16(9-13)12(3)4)17(18)14-7-8-21(19,20)10-14/h5-6,9,11-12,14,17H,7-8,10,18H2,1-4H3. The van der Waals surface area contributed by atoms with E-state index in [9.17, 15) is 8.42 Å². The number of hydrogen-bond donors (Lipinski definition) is 1.